The molecule has 41 heteroatoms. The lowest BCUT2D eigenvalue weighted by Crippen LogP contribution is -2.19. The van der Waals surface area contributed by atoms with Gasteiger partial charge in [-0.2, -0.15) is 24.9 Å². The number of ether oxygens (including phenoxy) is 6. The van der Waals surface area contributed by atoms with Crippen LogP contribution in [0.15, 0.2) is 134 Å². The lowest BCUT2D eigenvalue weighted by Gasteiger charge is -2.15. The highest BCUT2D eigenvalue weighted by molar-refractivity contribution is 9.11. The molecule has 690 valence electrons. The highest BCUT2D eigenvalue weighted by Gasteiger charge is 2.25. The van der Waals surface area contributed by atoms with Crippen LogP contribution in [0.4, 0.5) is 64.6 Å². The van der Waals surface area contributed by atoms with E-state index in [1.54, 1.807) is 94.1 Å². The number of nitrogens with one attached hydrogen (secondary N) is 5. The summed E-state index contributed by atoms with van der Waals surface area (Å²) in [6, 6.07) is 11.5. The van der Waals surface area contributed by atoms with Crippen LogP contribution in [0.5, 0.6) is 69.0 Å². The zero-order chi connectivity index (χ0) is 95.9. The third-order valence-corrected chi connectivity index (χ3v) is 20.4. The minimum absolute atomic E-state index is 0.220. The van der Waals surface area contributed by atoms with E-state index < -0.39 is 6.10 Å². The van der Waals surface area contributed by atoms with Gasteiger partial charge in [0.15, 0.2) is 69.4 Å². The van der Waals surface area contributed by atoms with E-state index in [4.69, 9.17) is 64.2 Å². The number of nitrogen functional groups attached to an aromatic ring is 6. The standard InChI is InChI=1S/C16H22BrN5O2.C15H18BrN5O.2C15H20BrN5O.C15H16N4O.C13H16BrN5O/c1-4-10(23)6-20-16-21-8-13(15(18)22-16)24-12-5-14(17)19-7-11(12)9(2)3;1-8(2)10-6-18-13(16)5-11(10)22-12-7-19-15(21-14(12)17)20-9-3-4-9;1-8(2)10-6-18-13(16)5-11(10)22-12-7-19-15(20-9(3)4)21-14(12)17;1-4-5-18-15-20-8-12(14(17)21-15)22-11-6-13(16)19-7-10(11)9(2)3;1-5-11-6-13(12(7-18-11)9(2)3)20-14-8-17-10(4)19-15(14)16;1-7(2)8-5-17-11(14)4-9(8)20-10-6-18-13(16-3)19-12(10)15/h5,7-10,23H,4,6H2,1-3H3,(H3,18,20,21,22);5-9H,3-4H2,1-2H3,(H3,17,19,20,21);5-9H,1-4H3,(H3,17,19,20,21);6-9H,4-5H2,1-3H3,(H3,17,18,20,21);1,6-9H,2-4H3,(H2,16,17,19);4-7H,1-3H3,(H3,15,16,18,19)/i;;;;1D;. The van der Waals surface area contributed by atoms with Crippen molar-refractivity contribution in [3.8, 4) is 81.3 Å². The Morgan fingerprint density at radius 1 is 0.392 bits per heavy atom. The van der Waals surface area contributed by atoms with Gasteiger partial charge in [0.25, 0.3) is 0 Å². The topological polar surface area (TPSA) is 524 Å². The van der Waals surface area contributed by atoms with Crippen LogP contribution in [-0.2, 0) is 0 Å². The molecule has 13 rings (SSSR count). The number of aliphatic hydroxyl groups is 1. The molecule has 12 aromatic rings. The van der Waals surface area contributed by atoms with Crippen LogP contribution in [0.25, 0.3) is 0 Å². The van der Waals surface area contributed by atoms with Crippen molar-refractivity contribution in [3.05, 3.63) is 179 Å². The molecule has 1 saturated carbocycles. The van der Waals surface area contributed by atoms with Crippen LogP contribution >= 0.6 is 79.6 Å². The van der Waals surface area contributed by atoms with Gasteiger partial charge in [-0.1, -0.05) is 103 Å². The van der Waals surface area contributed by atoms with Gasteiger partial charge in [0.1, 0.15) is 70.4 Å². The Kier molecular flexibility index (Phi) is 39.2. The molecule has 12 heterocycles. The van der Waals surface area contributed by atoms with Crippen LogP contribution < -0.4 is 89.4 Å². The second-order valence-electron chi connectivity index (χ2n) is 31.2. The summed E-state index contributed by atoms with van der Waals surface area (Å²) in [5.74, 6) is 15.3. The predicted octanol–water partition coefficient (Wildman–Crippen LogP) is 20.8. The number of aliphatic hydroxyl groups excluding tert-OH is 1. The fraction of sp³-hybridized carbons (Fsp3) is 0.371. The first-order chi connectivity index (χ1) is 62.3. The molecule has 0 radical (unpaired) electrons. The molecular weight excluding hydrogens is 1990 g/mol. The number of hydrogen-bond acceptors (Lipinski definition) is 36. The maximum absolute atomic E-state index is 9.56. The quantitative estimate of drug-likeness (QED) is 0.0147. The van der Waals surface area contributed by atoms with Crippen LogP contribution in [0.1, 0.15) is 218 Å². The van der Waals surface area contributed by atoms with Crippen LogP contribution in [0.3, 0.4) is 0 Å². The molecule has 0 amide bonds. The molecule has 0 saturated heterocycles. The molecule has 0 aliphatic heterocycles. The number of aromatic nitrogens is 18. The summed E-state index contributed by atoms with van der Waals surface area (Å²) in [6.45, 7) is 35.7. The van der Waals surface area contributed by atoms with E-state index in [0.29, 0.717) is 170 Å². The first kappa shape index (κ1) is 102. The molecule has 130 heavy (non-hydrogen) atoms. The fourth-order valence-electron chi connectivity index (χ4n) is 11.0. The third-order valence-electron chi connectivity index (χ3n) is 18.3. The van der Waals surface area contributed by atoms with Gasteiger partial charge in [0.2, 0.25) is 29.7 Å². The second-order valence-corrected chi connectivity index (χ2v) is 35.3. The van der Waals surface area contributed by atoms with Gasteiger partial charge >= 0.3 is 0 Å². The largest absolute Gasteiger partial charge is 0.451 e. The predicted molar refractivity (Wildman–Crippen MR) is 529 cm³/mol. The van der Waals surface area contributed by atoms with Crippen molar-refractivity contribution in [3.63, 3.8) is 0 Å². The van der Waals surface area contributed by atoms with E-state index in [2.05, 4.69) is 284 Å². The summed E-state index contributed by atoms with van der Waals surface area (Å²) in [5.41, 5.74) is 41.9. The average Bonchev–Trinajstić information content (AvgIpc) is 1.62. The number of pyridine rings is 6. The Bertz CT molecular complexity index is 5730. The summed E-state index contributed by atoms with van der Waals surface area (Å²) in [5, 5.41) is 24.7. The van der Waals surface area contributed by atoms with Crippen LogP contribution in [-0.4, -0.2) is 133 Å². The summed E-state index contributed by atoms with van der Waals surface area (Å²) in [6.07, 6.45) is 25.6. The van der Waals surface area contributed by atoms with Crippen molar-refractivity contribution in [2.24, 2.45) is 0 Å². The number of anilines is 11. The number of aryl methyl sites for hydroxylation is 1. The number of terminal acetylenes is 1. The van der Waals surface area contributed by atoms with E-state index in [1.807, 2.05) is 52.8 Å². The van der Waals surface area contributed by atoms with Gasteiger partial charge in [0.05, 0.1) is 43.3 Å². The van der Waals surface area contributed by atoms with Crippen molar-refractivity contribution in [2.75, 3.05) is 81.1 Å². The van der Waals surface area contributed by atoms with Gasteiger partial charge in [-0.25, -0.2) is 64.8 Å². The average molecular weight is 2100 g/mol. The van der Waals surface area contributed by atoms with E-state index in [0.717, 1.165) is 59.2 Å². The van der Waals surface area contributed by atoms with Gasteiger partial charge in [-0.05, 0) is 162 Å². The van der Waals surface area contributed by atoms with Crippen molar-refractivity contribution in [1.82, 2.24) is 89.7 Å². The van der Waals surface area contributed by atoms with Crippen molar-refractivity contribution in [2.45, 2.75) is 197 Å². The summed E-state index contributed by atoms with van der Waals surface area (Å²) in [7, 11) is 1.73. The van der Waals surface area contributed by atoms with Crippen LogP contribution in [0, 0.1) is 19.2 Å². The maximum atomic E-state index is 9.56. The zero-order valence-corrected chi connectivity index (χ0v) is 83.6. The molecule has 0 aromatic carbocycles. The van der Waals surface area contributed by atoms with E-state index in [1.165, 1.54) is 12.4 Å². The summed E-state index contributed by atoms with van der Waals surface area (Å²) >= 11 is 16.7. The maximum Gasteiger partial charge on any atom is 0.225 e. The number of rotatable bonds is 30. The molecule has 1 aliphatic rings. The Morgan fingerprint density at radius 2 is 0.685 bits per heavy atom. The minimum Gasteiger partial charge on any atom is -0.451 e. The van der Waals surface area contributed by atoms with Crippen molar-refractivity contribution in [1.29, 1.82) is 0 Å². The lowest BCUT2D eigenvalue weighted by atomic mass is 10.0. The Morgan fingerprint density at radius 3 is 0.992 bits per heavy atom. The van der Waals surface area contributed by atoms with Crippen LogP contribution in [0.2, 0.25) is 0 Å². The molecule has 36 nitrogen and oxygen atoms in total. The Labute approximate surface area is 801 Å². The van der Waals surface area contributed by atoms with Gasteiger partial charge in [0, 0.05) is 139 Å². The second kappa shape index (κ2) is 50.2. The summed E-state index contributed by atoms with van der Waals surface area (Å²) < 4.78 is 45.7. The third kappa shape index (κ3) is 32.2. The molecule has 0 spiro atoms. The van der Waals surface area contributed by atoms with Crippen molar-refractivity contribution < 1.29 is 34.9 Å². The van der Waals surface area contributed by atoms with Gasteiger partial charge in [-0.3, -0.25) is 0 Å². The molecular formula is C89H112Br5N29O7. The number of nitrogens with two attached hydrogens (primary N) is 6. The molecule has 1 atom stereocenters. The molecule has 0 bridgehead atoms. The van der Waals surface area contributed by atoms with Gasteiger partial charge in [-0.15, -0.1) is 6.40 Å². The Hall–Kier alpha value is -12.1. The smallest absolute Gasteiger partial charge is 0.225 e. The van der Waals surface area contributed by atoms with Crippen molar-refractivity contribution >= 4 is 144 Å². The fourth-order valence-corrected chi connectivity index (χ4v) is 12.6. The normalized spacial score (nSPS) is 11.6. The first-order valence-corrected chi connectivity index (χ1v) is 45.6. The zero-order valence-electron chi connectivity index (χ0n) is 76.6. The monoisotopic (exact) mass is 2090 g/mol. The minimum atomic E-state index is -0.450. The molecule has 12 aromatic heterocycles. The summed E-state index contributed by atoms with van der Waals surface area (Å²) in [4.78, 5) is 75.4. The lowest BCUT2D eigenvalue weighted by molar-refractivity contribution is 0.183. The molecule has 1 unspecified atom stereocenters. The molecule has 1 fully saturated rings. The molecule has 1 aliphatic carbocycles. The van der Waals surface area contributed by atoms with E-state index in [9.17, 15) is 5.11 Å². The Balaban J connectivity index is 0.000000194. The highest BCUT2D eigenvalue weighted by Crippen LogP contribution is 2.41. The molecule has 18 N–H and O–H groups in total. The number of hydrogen-bond donors (Lipinski definition) is 12. The van der Waals surface area contributed by atoms with E-state index in [-0.39, 0.29) is 59.0 Å². The van der Waals surface area contributed by atoms with Gasteiger partial charge < -0.3 is 94.5 Å². The van der Waals surface area contributed by atoms with E-state index >= 15 is 0 Å². The highest BCUT2D eigenvalue weighted by atomic mass is 79.9. The first-order valence-electron chi connectivity index (χ1n) is 42.2. The number of halogens is 5. The number of nitrogens with zero attached hydrogens (tertiary/aromatic N) is 18. The SMILES string of the molecule is CC(C)Nc1ncc(Oc2cc(Br)ncc2C(C)C)c(N)n1.CC(C)c1cnc(Br)cc1Oc1cnc(NC2CC2)nc1N.CCC(O)CNc1ncc(Oc2cc(Br)ncc2C(C)C)c(N)n1.CCCNc1ncc(Oc2cc(Br)ncc2C(C)C)c(N)n1.CNc1ncc(Oc2cc(Br)ncc2C(C)C)c(N)n1.[2H]C#Cc1cc(Oc2cnc(C)nc2N)c(C(C)C)cn1.